The van der Waals surface area contributed by atoms with Crippen molar-refractivity contribution < 1.29 is 30.2 Å². The summed E-state index contributed by atoms with van der Waals surface area (Å²) in [6.07, 6.45) is 1.70. The van der Waals surface area contributed by atoms with E-state index in [1.165, 1.54) is 5.69 Å². The first-order valence-corrected chi connectivity index (χ1v) is 11.3. The second-order valence-corrected chi connectivity index (χ2v) is 8.90. The average molecular weight is 469 g/mol. The molecular weight excluding hydrogens is 443 g/mol. The van der Waals surface area contributed by atoms with Gasteiger partial charge in [0, 0.05) is 56.1 Å². The van der Waals surface area contributed by atoms with Gasteiger partial charge in [0.25, 0.3) is 0 Å². The van der Waals surface area contributed by atoms with E-state index in [1.54, 1.807) is 30.5 Å². The van der Waals surface area contributed by atoms with Gasteiger partial charge in [-0.05, 0) is 48.5 Å². The largest absolute Gasteiger partial charge is 1.00 e. The van der Waals surface area contributed by atoms with Gasteiger partial charge in [-0.15, -0.1) is 0 Å². The molecule has 0 saturated carbocycles. The number of aromatic nitrogens is 2. The topological polar surface area (TPSA) is 61.6 Å². The molecule has 0 spiro atoms. The number of carboxylic acids is 1. The zero-order chi connectivity index (χ0) is 23.1. The quantitative estimate of drug-likeness (QED) is 0.465. The molecule has 1 fully saturated rings. The molecule has 170 valence electrons. The standard InChI is InChI=1S/C26H25ClN4O2.Li.H/c1-29-12-14-31(15-13-29)20-8-6-17(7-9-20)24-22(18-4-3-5-19(16-18)26(32)33)23-21(27)10-11-28-25(23)30(24)2;;/h3-11,16H,12-15H2,1-2H3,(H,32,33);;/q;+1;-1. The van der Waals surface area contributed by atoms with Crippen LogP contribution in [0, 0.1) is 0 Å². The predicted octanol–water partition coefficient (Wildman–Crippen LogP) is 2.13. The maximum atomic E-state index is 11.6. The molecule has 4 aromatic rings. The van der Waals surface area contributed by atoms with E-state index in [0.717, 1.165) is 59.6 Å². The predicted molar refractivity (Wildman–Crippen MR) is 134 cm³/mol. The Morgan fingerprint density at radius 2 is 1.71 bits per heavy atom. The van der Waals surface area contributed by atoms with Crippen LogP contribution in [0.4, 0.5) is 5.69 Å². The van der Waals surface area contributed by atoms with E-state index >= 15 is 0 Å². The van der Waals surface area contributed by atoms with Crippen LogP contribution in [-0.4, -0.2) is 58.8 Å². The van der Waals surface area contributed by atoms with Crippen LogP contribution in [0.2, 0.25) is 5.02 Å². The molecule has 6 nitrogen and oxygen atoms in total. The van der Waals surface area contributed by atoms with Crippen LogP contribution in [0.3, 0.4) is 0 Å². The molecule has 0 radical (unpaired) electrons. The van der Waals surface area contributed by atoms with Gasteiger partial charge in [-0.1, -0.05) is 35.9 Å². The fourth-order valence-corrected chi connectivity index (χ4v) is 4.86. The second kappa shape index (κ2) is 9.85. The number of fused-ring (bicyclic) bond motifs is 1. The van der Waals surface area contributed by atoms with Crippen LogP contribution in [0.5, 0.6) is 0 Å². The minimum absolute atomic E-state index is 0. The van der Waals surface area contributed by atoms with Gasteiger partial charge >= 0.3 is 24.8 Å². The van der Waals surface area contributed by atoms with Gasteiger partial charge < -0.3 is 20.9 Å². The van der Waals surface area contributed by atoms with Crippen molar-refractivity contribution in [3.05, 3.63) is 71.4 Å². The Morgan fingerprint density at radius 1 is 1.00 bits per heavy atom. The fourth-order valence-electron chi connectivity index (χ4n) is 4.63. The molecule has 0 atom stereocenters. The van der Waals surface area contributed by atoms with E-state index in [2.05, 4.69) is 46.1 Å². The first-order chi connectivity index (χ1) is 15.9. The van der Waals surface area contributed by atoms with Gasteiger partial charge in [0.05, 0.1) is 16.3 Å². The maximum absolute atomic E-state index is 11.6. The molecule has 0 aliphatic carbocycles. The third kappa shape index (κ3) is 4.35. The van der Waals surface area contributed by atoms with Crippen LogP contribution in [0.15, 0.2) is 60.8 Å². The SMILES string of the molecule is CN1CCN(c2ccc(-c3c(-c4cccc(C(=O)O)c4)c4c(Cl)ccnc4n3C)cc2)CC1.[H-].[Li+]. The minimum Gasteiger partial charge on any atom is -1.00 e. The van der Waals surface area contributed by atoms with Crippen molar-refractivity contribution in [2.75, 3.05) is 38.1 Å². The van der Waals surface area contributed by atoms with Crippen molar-refractivity contribution >= 4 is 34.3 Å². The molecule has 1 aliphatic rings. The summed E-state index contributed by atoms with van der Waals surface area (Å²) >= 11 is 6.65. The summed E-state index contributed by atoms with van der Waals surface area (Å²) in [5.41, 5.74) is 5.88. The number of aromatic carboxylic acids is 1. The first kappa shape index (κ1) is 24.4. The third-order valence-corrected chi connectivity index (χ3v) is 6.74. The molecule has 5 rings (SSSR count). The van der Waals surface area contributed by atoms with Crippen molar-refractivity contribution in [3.8, 4) is 22.4 Å². The van der Waals surface area contributed by atoms with Crippen molar-refractivity contribution in [3.63, 3.8) is 0 Å². The van der Waals surface area contributed by atoms with Crippen LogP contribution in [-0.2, 0) is 7.05 Å². The Labute approximate surface area is 217 Å². The average Bonchev–Trinajstić information content (AvgIpc) is 3.13. The molecule has 2 aromatic heterocycles. The molecule has 34 heavy (non-hydrogen) atoms. The van der Waals surface area contributed by atoms with Crippen LogP contribution >= 0.6 is 11.6 Å². The van der Waals surface area contributed by atoms with E-state index < -0.39 is 5.97 Å². The van der Waals surface area contributed by atoms with Gasteiger partial charge in [-0.3, -0.25) is 0 Å². The number of piperazine rings is 1. The van der Waals surface area contributed by atoms with E-state index in [0.29, 0.717) is 5.02 Å². The fraction of sp³-hybridized carbons (Fsp3) is 0.231. The van der Waals surface area contributed by atoms with Gasteiger partial charge in [-0.2, -0.15) is 0 Å². The van der Waals surface area contributed by atoms with Crippen molar-refractivity contribution in [2.24, 2.45) is 7.05 Å². The van der Waals surface area contributed by atoms with Crippen LogP contribution in [0.1, 0.15) is 11.8 Å². The van der Waals surface area contributed by atoms with E-state index in [9.17, 15) is 9.90 Å². The number of anilines is 1. The summed E-state index contributed by atoms with van der Waals surface area (Å²) in [5, 5.41) is 10.9. The summed E-state index contributed by atoms with van der Waals surface area (Å²) < 4.78 is 2.04. The van der Waals surface area contributed by atoms with Crippen molar-refractivity contribution in [2.45, 2.75) is 0 Å². The smallest absolute Gasteiger partial charge is 1.00 e. The van der Waals surface area contributed by atoms with Gasteiger partial charge in [0.2, 0.25) is 0 Å². The first-order valence-electron chi connectivity index (χ1n) is 10.9. The Bertz CT molecular complexity index is 1350. The number of rotatable bonds is 4. The molecule has 2 aromatic carbocycles. The Hall–Kier alpha value is -2.75. The number of aryl methyl sites for hydroxylation is 1. The third-order valence-electron chi connectivity index (χ3n) is 6.43. The van der Waals surface area contributed by atoms with Crippen LogP contribution < -0.4 is 23.8 Å². The van der Waals surface area contributed by atoms with Crippen LogP contribution in [0.25, 0.3) is 33.4 Å². The summed E-state index contributed by atoms with van der Waals surface area (Å²) in [6.45, 7) is 4.13. The van der Waals surface area contributed by atoms with Gasteiger partial charge in [0.1, 0.15) is 5.65 Å². The van der Waals surface area contributed by atoms with Gasteiger partial charge in [0.15, 0.2) is 0 Å². The molecule has 0 bridgehead atoms. The van der Waals surface area contributed by atoms with E-state index in [1.807, 2.05) is 17.7 Å². The molecule has 1 N–H and O–H groups in total. The number of hydrogen-bond donors (Lipinski definition) is 1. The monoisotopic (exact) mass is 468 g/mol. The minimum atomic E-state index is -0.959. The number of nitrogens with zero attached hydrogens (tertiary/aromatic N) is 4. The summed E-state index contributed by atoms with van der Waals surface area (Å²) in [6, 6.07) is 17.3. The number of hydrogen-bond acceptors (Lipinski definition) is 4. The number of pyridine rings is 1. The molecule has 1 saturated heterocycles. The van der Waals surface area contributed by atoms with E-state index in [-0.39, 0.29) is 25.9 Å². The molecule has 0 unspecified atom stereocenters. The number of likely N-dealkylation sites (N-methyl/N-ethyl adjacent to an activating group) is 1. The Morgan fingerprint density at radius 3 is 2.38 bits per heavy atom. The van der Waals surface area contributed by atoms with E-state index in [4.69, 9.17) is 11.6 Å². The number of halogens is 1. The summed E-state index contributed by atoms with van der Waals surface area (Å²) in [7, 11) is 4.13. The van der Waals surface area contributed by atoms with Gasteiger partial charge in [-0.25, -0.2) is 9.78 Å². The number of benzene rings is 2. The second-order valence-electron chi connectivity index (χ2n) is 8.50. The zero-order valence-corrected chi connectivity index (χ0v) is 20.4. The van der Waals surface area contributed by atoms with Crippen molar-refractivity contribution in [1.82, 2.24) is 14.5 Å². The zero-order valence-electron chi connectivity index (χ0n) is 20.6. The van der Waals surface area contributed by atoms with Crippen molar-refractivity contribution in [1.29, 1.82) is 0 Å². The number of carbonyl (C=O) groups is 1. The maximum Gasteiger partial charge on any atom is 1.00 e. The molecule has 1 aliphatic heterocycles. The normalized spacial score (nSPS) is 14.3. The molecule has 8 heteroatoms. The summed E-state index contributed by atoms with van der Waals surface area (Å²) in [4.78, 5) is 21.0. The molecule has 3 heterocycles. The number of carboxylic acid groups (broad SMARTS) is 1. The summed E-state index contributed by atoms with van der Waals surface area (Å²) in [5.74, 6) is -0.959. The Balaban J connectivity index is 0.00000171. The Kier molecular flexibility index (Phi) is 7.06. The molecular formula is C26H26ClLiN4O2. The molecule has 0 amide bonds.